The molecule has 0 aromatic heterocycles. The molecule has 0 N–H and O–H groups in total. The summed E-state index contributed by atoms with van der Waals surface area (Å²) in [7, 11) is 0. The van der Waals surface area contributed by atoms with Crippen LogP contribution in [0.2, 0.25) is 0 Å². The molecule has 0 amide bonds. The van der Waals surface area contributed by atoms with Crippen molar-refractivity contribution in [2.24, 2.45) is 0 Å². The third-order valence-electron chi connectivity index (χ3n) is 4.60. The predicted molar refractivity (Wildman–Crippen MR) is 116 cm³/mol. The number of carbonyl (C=O) groups is 1. The SMILES string of the molecule is CCCCCCCCCCCCCCCOc1ccc(C(=O)I)cc1. The average Bonchev–Trinajstić information content (AvgIpc) is 2.62. The maximum atomic E-state index is 11.2. The fraction of sp³-hybridized carbons (Fsp3) is 0.682. The Bertz CT molecular complexity index is 442. The molecule has 0 atom stereocenters. The van der Waals surface area contributed by atoms with E-state index in [0.717, 1.165) is 24.3 Å². The molecule has 0 radical (unpaired) electrons. The molecular weight excluding hydrogens is 423 g/mol. The number of unbranched alkanes of at least 4 members (excludes halogenated alkanes) is 12. The van der Waals surface area contributed by atoms with Gasteiger partial charge in [-0.15, -0.1) is 0 Å². The molecule has 0 aliphatic rings. The number of hydrogen-bond donors (Lipinski definition) is 0. The van der Waals surface area contributed by atoms with E-state index in [0.29, 0.717) is 0 Å². The Kier molecular flexibility index (Phi) is 14.1. The fourth-order valence-electron chi connectivity index (χ4n) is 2.99. The van der Waals surface area contributed by atoms with E-state index in [1.807, 2.05) is 24.3 Å². The Morgan fingerprint density at radius 2 is 1.20 bits per heavy atom. The molecule has 1 aromatic rings. The molecule has 0 saturated carbocycles. The van der Waals surface area contributed by atoms with Crippen LogP contribution in [0.5, 0.6) is 5.75 Å². The molecule has 1 rings (SSSR count). The molecule has 3 heteroatoms. The van der Waals surface area contributed by atoms with Gasteiger partial charge in [0.15, 0.2) is 0 Å². The maximum absolute atomic E-state index is 11.2. The minimum atomic E-state index is 0.0700. The zero-order valence-corrected chi connectivity index (χ0v) is 18.1. The normalized spacial score (nSPS) is 10.8. The Morgan fingerprint density at radius 1 is 0.760 bits per heavy atom. The van der Waals surface area contributed by atoms with Crippen molar-refractivity contribution in [3.63, 3.8) is 0 Å². The van der Waals surface area contributed by atoms with Crippen molar-refractivity contribution in [2.45, 2.75) is 90.4 Å². The van der Waals surface area contributed by atoms with Crippen molar-refractivity contribution in [1.82, 2.24) is 0 Å². The van der Waals surface area contributed by atoms with E-state index in [9.17, 15) is 4.79 Å². The number of halogens is 1. The van der Waals surface area contributed by atoms with Gasteiger partial charge in [0.1, 0.15) is 5.75 Å². The molecule has 25 heavy (non-hydrogen) atoms. The third kappa shape index (κ3) is 12.4. The van der Waals surface area contributed by atoms with Crippen molar-refractivity contribution in [3.05, 3.63) is 29.8 Å². The smallest absolute Gasteiger partial charge is 0.222 e. The summed E-state index contributed by atoms with van der Waals surface area (Å²) in [5.41, 5.74) is 0.730. The minimum Gasteiger partial charge on any atom is -0.494 e. The molecule has 0 spiro atoms. The van der Waals surface area contributed by atoms with Crippen molar-refractivity contribution < 1.29 is 9.53 Å². The van der Waals surface area contributed by atoms with Gasteiger partial charge in [-0.1, -0.05) is 84.0 Å². The van der Waals surface area contributed by atoms with Crippen molar-refractivity contribution in [2.75, 3.05) is 6.61 Å². The van der Waals surface area contributed by atoms with Gasteiger partial charge in [0.25, 0.3) is 0 Å². The molecule has 0 fully saturated rings. The average molecular weight is 458 g/mol. The monoisotopic (exact) mass is 458 g/mol. The number of benzene rings is 1. The predicted octanol–water partition coefficient (Wildman–Crippen LogP) is 7.73. The molecule has 2 nitrogen and oxygen atoms in total. The molecule has 0 aliphatic carbocycles. The Hall–Kier alpha value is -0.580. The summed E-state index contributed by atoms with van der Waals surface area (Å²) in [6.07, 6.45) is 17.8. The van der Waals surface area contributed by atoms with Gasteiger partial charge in [-0.3, -0.25) is 4.79 Å². The summed E-state index contributed by atoms with van der Waals surface area (Å²) in [6, 6.07) is 7.42. The van der Waals surface area contributed by atoms with Crippen LogP contribution in [0.25, 0.3) is 0 Å². The Labute approximate surface area is 168 Å². The van der Waals surface area contributed by atoms with Gasteiger partial charge in [-0.05, 0) is 30.7 Å². The molecule has 0 heterocycles. The van der Waals surface area contributed by atoms with Crippen molar-refractivity contribution in [3.8, 4) is 5.75 Å². The Morgan fingerprint density at radius 3 is 1.64 bits per heavy atom. The third-order valence-corrected chi connectivity index (χ3v) is 5.22. The second-order valence-electron chi connectivity index (χ2n) is 6.89. The lowest BCUT2D eigenvalue weighted by molar-refractivity contribution is 0.110. The zero-order valence-electron chi connectivity index (χ0n) is 15.9. The number of ether oxygens (including phenoxy) is 1. The van der Waals surface area contributed by atoms with Gasteiger partial charge in [-0.2, -0.15) is 0 Å². The highest BCUT2D eigenvalue weighted by Crippen LogP contribution is 2.16. The van der Waals surface area contributed by atoms with Gasteiger partial charge in [-0.25, -0.2) is 0 Å². The van der Waals surface area contributed by atoms with Gasteiger partial charge < -0.3 is 4.74 Å². The van der Waals surface area contributed by atoms with Crippen LogP contribution in [-0.4, -0.2) is 10.4 Å². The summed E-state index contributed by atoms with van der Waals surface area (Å²) in [5.74, 6) is 0.861. The van der Waals surface area contributed by atoms with Crippen molar-refractivity contribution >= 4 is 26.4 Å². The molecule has 0 bridgehead atoms. The van der Waals surface area contributed by atoms with Crippen LogP contribution in [0.1, 0.15) is 101 Å². The quantitative estimate of drug-likeness (QED) is 0.144. The van der Waals surface area contributed by atoms with E-state index in [4.69, 9.17) is 4.74 Å². The maximum Gasteiger partial charge on any atom is 0.222 e. The van der Waals surface area contributed by atoms with Crippen LogP contribution in [-0.2, 0) is 0 Å². The van der Waals surface area contributed by atoms with E-state index in [1.165, 1.54) is 77.0 Å². The van der Waals surface area contributed by atoms with Crippen LogP contribution >= 0.6 is 22.6 Å². The summed E-state index contributed by atoms with van der Waals surface area (Å²) < 4.78 is 5.80. The van der Waals surface area contributed by atoms with E-state index in [1.54, 1.807) is 22.6 Å². The largest absolute Gasteiger partial charge is 0.494 e. The van der Waals surface area contributed by atoms with Crippen molar-refractivity contribution in [1.29, 1.82) is 0 Å². The fourth-order valence-corrected chi connectivity index (χ4v) is 3.35. The van der Waals surface area contributed by atoms with Gasteiger partial charge in [0.2, 0.25) is 3.79 Å². The van der Waals surface area contributed by atoms with Crippen LogP contribution in [0.15, 0.2) is 24.3 Å². The Balaban J connectivity index is 1.85. The lowest BCUT2D eigenvalue weighted by Gasteiger charge is -2.06. The van der Waals surface area contributed by atoms with Crippen LogP contribution in [0, 0.1) is 0 Å². The zero-order chi connectivity index (χ0) is 18.2. The lowest BCUT2D eigenvalue weighted by atomic mass is 10.0. The molecule has 0 aliphatic heterocycles. The minimum absolute atomic E-state index is 0.0700. The number of hydrogen-bond acceptors (Lipinski definition) is 2. The first-order valence-corrected chi connectivity index (χ1v) is 11.2. The highest BCUT2D eigenvalue weighted by molar-refractivity contribution is 14.1. The van der Waals surface area contributed by atoms with E-state index >= 15 is 0 Å². The summed E-state index contributed by atoms with van der Waals surface area (Å²) in [4.78, 5) is 11.2. The van der Waals surface area contributed by atoms with Gasteiger partial charge in [0.05, 0.1) is 6.61 Å². The first-order chi connectivity index (χ1) is 12.2. The van der Waals surface area contributed by atoms with Gasteiger partial charge in [0, 0.05) is 28.2 Å². The standard InChI is InChI=1S/C22H35IO2/c1-2-3-4-5-6-7-8-9-10-11-12-13-14-19-25-21-17-15-20(16-18-21)22(23)24/h15-18H,2-14,19H2,1H3. The van der Waals surface area contributed by atoms with E-state index < -0.39 is 0 Å². The van der Waals surface area contributed by atoms with Crippen LogP contribution < -0.4 is 4.74 Å². The van der Waals surface area contributed by atoms with Crippen LogP contribution in [0.4, 0.5) is 0 Å². The molecule has 0 unspecified atom stereocenters. The first kappa shape index (κ1) is 22.5. The first-order valence-electron chi connectivity index (χ1n) is 10.2. The summed E-state index contributed by atoms with van der Waals surface area (Å²) in [5, 5.41) is 0. The molecule has 1 aromatic carbocycles. The summed E-state index contributed by atoms with van der Waals surface area (Å²) >= 11 is 1.80. The lowest BCUT2D eigenvalue weighted by Crippen LogP contribution is -1.97. The molecule has 0 saturated heterocycles. The molecule has 142 valence electrons. The highest BCUT2D eigenvalue weighted by atomic mass is 127. The second-order valence-corrected chi connectivity index (χ2v) is 7.87. The van der Waals surface area contributed by atoms with E-state index in [-0.39, 0.29) is 3.79 Å². The summed E-state index contributed by atoms with van der Waals surface area (Å²) in [6.45, 7) is 3.05. The second kappa shape index (κ2) is 15.7. The van der Waals surface area contributed by atoms with E-state index in [2.05, 4.69) is 6.92 Å². The number of rotatable bonds is 16. The molecular formula is C22H35IO2. The highest BCUT2D eigenvalue weighted by Gasteiger charge is 2.01. The van der Waals surface area contributed by atoms with Gasteiger partial charge >= 0.3 is 0 Å². The van der Waals surface area contributed by atoms with Crippen LogP contribution in [0.3, 0.4) is 0 Å². The number of carbonyl (C=O) groups excluding carboxylic acids is 1. The topological polar surface area (TPSA) is 26.3 Å².